The lowest BCUT2D eigenvalue weighted by Gasteiger charge is -2.24. The van der Waals surface area contributed by atoms with Gasteiger partial charge in [-0.3, -0.25) is 0 Å². The molecule has 18 heavy (non-hydrogen) atoms. The maximum absolute atomic E-state index is 12.5. The Morgan fingerprint density at radius 3 is 2.67 bits per heavy atom. The number of rotatable bonds is 1. The molecule has 2 rings (SSSR count). The standard InChI is InChI=1S/C11H9ClF3NO2/c12-8-5-6(1-2-7(8)11(13,14)15)9-3-4-18-10(17)16-9/h1-2,5,9H,3-4H2,(H,16,17)/t9-/m1/s1. The van der Waals surface area contributed by atoms with Crippen molar-refractivity contribution in [3.63, 3.8) is 0 Å². The Morgan fingerprint density at radius 1 is 1.39 bits per heavy atom. The van der Waals surface area contributed by atoms with Crippen LogP contribution in [0.15, 0.2) is 18.2 Å². The highest BCUT2D eigenvalue weighted by molar-refractivity contribution is 6.31. The molecule has 3 nitrogen and oxygen atoms in total. The van der Waals surface area contributed by atoms with Crippen LogP contribution < -0.4 is 5.32 Å². The number of hydrogen-bond donors (Lipinski definition) is 1. The fourth-order valence-corrected chi connectivity index (χ4v) is 2.05. The summed E-state index contributed by atoms with van der Waals surface area (Å²) in [6.07, 6.45) is -4.57. The normalized spacial score (nSPS) is 20.2. The SMILES string of the molecule is O=C1N[C@@H](c2ccc(C(F)(F)F)c(Cl)c2)CCO1. The summed E-state index contributed by atoms with van der Waals surface area (Å²) in [6.45, 7) is 0.231. The van der Waals surface area contributed by atoms with Crippen molar-refractivity contribution < 1.29 is 22.7 Å². The van der Waals surface area contributed by atoms with E-state index in [4.69, 9.17) is 11.6 Å². The summed E-state index contributed by atoms with van der Waals surface area (Å²) >= 11 is 5.61. The minimum Gasteiger partial charge on any atom is -0.449 e. The summed E-state index contributed by atoms with van der Waals surface area (Å²) in [6, 6.07) is 3.08. The molecule has 1 aliphatic heterocycles. The molecule has 1 heterocycles. The second-order valence-electron chi connectivity index (χ2n) is 3.86. The molecule has 1 aromatic carbocycles. The Labute approximate surface area is 106 Å². The van der Waals surface area contributed by atoms with Crippen LogP contribution in [0.4, 0.5) is 18.0 Å². The summed E-state index contributed by atoms with van der Waals surface area (Å²) < 4.78 is 42.2. The predicted molar refractivity (Wildman–Crippen MR) is 58.3 cm³/mol. The maximum atomic E-state index is 12.5. The second kappa shape index (κ2) is 4.68. The smallest absolute Gasteiger partial charge is 0.417 e. The van der Waals surface area contributed by atoms with Crippen LogP contribution in [0.2, 0.25) is 5.02 Å². The van der Waals surface area contributed by atoms with Crippen molar-refractivity contribution in [3.05, 3.63) is 34.3 Å². The number of carbonyl (C=O) groups is 1. The minimum atomic E-state index is -4.48. The molecular weight excluding hydrogens is 271 g/mol. The third kappa shape index (κ3) is 2.69. The Morgan fingerprint density at radius 2 is 2.11 bits per heavy atom. The number of amides is 1. The number of cyclic esters (lactones) is 1. The van der Waals surface area contributed by atoms with Crippen molar-refractivity contribution in [2.75, 3.05) is 6.61 Å². The number of hydrogen-bond acceptors (Lipinski definition) is 2. The first-order valence-corrected chi connectivity index (χ1v) is 5.55. The van der Waals surface area contributed by atoms with E-state index >= 15 is 0 Å². The van der Waals surface area contributed by atoms with Crippen molar-refractivity contribution in [3.8, 4) is 0 Å². The number of ether oxygens (including phenoxy) is 1. The van der Waals surface area contributed by atoms with Gasteiger partial charge in [-0.15, -0.1) is 0 Å². The molecule has 0 bridgehead atoms. The van der Waals surface area contributed by atoms with Crippen LogP contribution in [-0.4, -0.2) is 12.7 Å². The molecule has 0 radical (unpaired) electrons. The summed E-state index contributed by atoms with van der Waals surface area (Å²) in [5, 5.41) is 2.14. The Balaban J connectivity index is 2.26. The Kier molecular flexibility index (Phi) is 3.38. The van der Waals surface area contributed by atoms with Crippen LogP contribution in [-0.2, 0) is 10.9 Å². The van der Waals surface area contributed by atoms with Crippen LogP contribution in [0.3, 0.4) is 0 Å². The van der Waals surface area contributed by atoms with Gasteiger partial charge in [-0.25, -0.2) is 4.79 Å². The van der Waals surface area contributed by atoms with Crippen molar-refractivity contribution in [1.29, 1.82) is 0 Å². The monoisotopic (exact) mass is 279 g/mol. The topological polar surface area (TPSA) is 38.3 Å². The highest BCUT2D eigenvalue weighted by Gasteiger charge is 2.33. The van der Waals surface area contributed by atoms with E-state index in [0.29, 0.717) is 12.0 Å². The van der Waals surface area contributed by atoms with Gasteiger partial charge in [0.05, 0.1) is 23.2 Å². The first-order valence-electron chi connectivity index (χ1n) is 5.18. The van der Waals surface area contributed by atoms with Gasteiger partial charge in [-0.2, -0.15) is 13.2 Å². The average molecular weight is 280 g/mol. The van der Waals surface area contributed by atoms with E-state index in [9.17, 15) is 18.0 Å². The average Bonchev–Trinajstić information content (AvgIpc) is 2.27. The molecule has 7 heteroatoms. The van der Waals surface area contributed by atoms with Gasteiger partial charge in [0.1, 0.15) is 0 Å². The van der Waals surface area contributed by atoms with Gasteiger partial charge in [0.2, 0.25) is 0 Å². The molecule has 1 fully saturated rings. The first kappa shape index (κ1) is 13.0. The van der Waals surface area contributed by atoms with Gasteiger partial charge >= 0.3 is 12.3 Å². The number of carbonyl (C=O) groups excluding carboxylic acids is 1. The summed E-state index contributed by atoms with van der Waals surface area (Å²) in [4.78, 5) is 11.0. The third-order valence-electron chi connectivity index (χ3n) is 2.63. The van der Waals surface area contributed by atoms with Gasteiger partial charge in [-0.1, -0.05) is 17.7 Å². The van der Waals surface area contributed by atoms with Gasteiger partial charge in [0.25, 0.3) is 0 Å². The van der Waals surface area contributed by atoms with E-state index in [0.717, 1.165) is 6.07 Å². The van der Waals surface area contributed by atoms with E-state index in [2.05, 4.69) is 10.1 Å². The van der Waals surface area contributed by atoms with Gasteiger partial charge in [-0.05, 0) is 17.7 Å². The van der Waals surface area contributed by atoms with Gasteiger partial charge < -0.3 is 10.1 Å². The van der Waals surface area contributed by atoms with Gasteiger partial charge in [0.15, 0.2) is 0 Å². The maximum Gasteiger partial charge on any atom is 0.417 e. The molecule has 0 unspecified atom stereocenters. The van der Waals surface area contributed by atoms with Crippen molar-refractivity contribution in [1.82, 2.24) is 5.32 Å². The quantitative estimate of drug-likeness (QED) is 0.854. The molecule has 0 saturated carbocycles. The molecule has 1 amide bonds. The molecule has 1 atom stereocenters. The number of nitrogens with one attached hydrogen (secondary N) is 1. The lowest BCUT2D eigenvalue weighted by molar-refractivity contribution is -0.137. The highest BCUT2D eigenvalue weighted by atomic mass is 35.5. The van der Waals surface area contributed by atoms with Crippen LogP contribution in [0, 0.1) is 0 Å². The van der Waals surface area contributed by atoms with Crippen molar-refractivity contribution >= 4 is 17.7 Å². The van der Waals surface area contributed by atoms with Crippen LogP contribution in [0.5, 0.6) is 0 Å². The summed E-state index contributed by atoms with van der Waals surface area (Å²) in [7, 11) is 0. The molecule has 98 valence electrons. The number of alkyl halides is 3. The molecule has 0 aliphatic carbocycles. The second-order valence-corrected chi connectivity index (χ2v) is 4.27. The third-order valence-corrected chi connectivity index (χ3v) is 2.95. The van der Waals surface area contributed by atoms with Crippen LogP contribution in [0.25, 0.3) is 0 Å². The van der Waals surface area contributed by atoms with E-state index in [1.54, 1.807) is 0 Å². The number of benzene rings is 1. The molecule has 0 spiro atoms. The minimum absolute atomic E-state index is 0.231. The molecule has 0 aromatic heterocycles. The Bertz CT molecular complexity index is 476. The van der Waals surface area contributed by atoms with E-state index in [1.807, 2.05) is 0 Å². The molecule has 1 aromatic rings. The molecular formula is C11H9ClF3NO2. The Hall–Kier alpha value is -1.43. The fourth-order valence-electron chi connectivity index (χ4n) is 1.75. The molecule has 1 N–H and O–H groups in total. The lowest BCUT2D eigenvalue weighted by Crippen LogP contribution is -2.35. The summed E-state index contributed by atoms with van der Waals surface area (Å²) in [5.74, 6) is 0. The van der Waals surface area contributed by atoms with Crippen LogP contribution >= 0.6 is 11.6 Å². The molecule has 1 saturated heterocycles. The van der Waals surface area contributed by atoms with E-state index in [-0.39, 0.29) is 17.7 Å². The van der Waals surface area contributed by atoms with E-state index in [1.165, 1.54) is 12.1 Å². The van der Waals surface area contributed by atoms with Gasteiger partial charge in [0, 0.05) is 6.42 Å². The highest BCUT2D eigenvalue weighted by Crippen LogP contribution is 2.36. The first-order chi connectivity index (χ1) is 8.38. The largest absolute Gasteiger partial charge is 0.449 e. The van der Waals surface area contributed by atoms with Crippen molar-refractivity contribution in [2.24, 2.45) is 0 Å². The predicted octanol–water partition coefficient (Wildman–Crippen LogP) is 3.53. The summed E-state index contributed by atoms with van der Waals surface area (Å²) in [5.41, 5.74) is -0.351. The van der Waals surface area contributed by atoms with E-state index < -0.39 is 17.8 Å². The van der Waals surface area contributed by atoms with Crippen LogP contribution in [0.1, 0.15) is 23.6 Å². The molecule has 1 aliphatic rings. The zero-order valence-electron chi connectivity index (χ0n) is 9.05. The zero-order chi connectivity index (χ0) is 13.3. The lowest BCUT2D eigenvalue weighted by atomic mass is 10.0. The fraction of sp³-hybridized carbons (Fsp3) is 0.364. The van der Waals surface area contributed by atoms with Crippen molar-refractivity contribution in [2.45, 2.75) is 18.6 Å². The zero-order valence-corrected chi connectivity index (χ0v) is 9.81. The number of alkyl carbamates (subject to hydrolysis) is 1. The number of halogens is 4.